The summed E-state index contributed by atoms with van der Waals surface area (Å²) in [5, 5.41) is 8.52. The standard InChI is InChI=1S/C5H4O.C3H7.W.Y/c1-3-4-5(2)6;1-3-2;;/h1,3-4,6H;3H,1-2H3;;/q-2;-1;;+3. The van der Waals surface area contributed by atoms with Crippen LogP contribution in [0.4, 0.5) is 0 Å². The second kappa shape index (κ2) is 17.1. The molecule has 0 saturated carbocycles. The van der Waals surface area contributed by atoms with E-state index in [1.165, 1.54) is 12.2 Å². The maximum atomic E-state index is 8.52. The van der Waals surface area contributed by atoms with E-state index in [0.29, 0.717) is 0 Å². The molecule has 0 unspecified atom stereocenters. The first kappa shape index (κ1) is 17.9. The first-order valence-corrected chi connectivity index (χ1v) is 4.25. The van der Waals surface area contributed by atoms with Gasteiger partial charge in [0.25, 0.3) is 0 Å². The Morgan fingerprint density at radius 3 is 2.09 bits per heavy atom. The molecule has 0 aliphatic heterocycles. The van der Waals surface area contributed by atoms with Crippen molar-refractivity contribution < 1.29 is 57.2 Å². The molecule has 0 aliphatic carbocycles. The molecule has 3 heteroatoms. The van der Waals surface area contributed by atoms with Crippen LogP contribution in [0.25, 0.3) is 0 Å². The monoisotopic (exact) mass is 396 g/mol. The van der Waals surface area contributed by atoms with Gasteiger partial charge in [0, 0.05) is 0 Å². The fourth-order valence-corrected chi connectivity index (χ4v) is 0.370. The van der Waals surface area contributed by atoms with E-state index in [0.717, 1.165) is 19.4 Å². The summed E-state index contributed by atoms with van der Waals surface area (Å²) in [5.41, 5.74) is 0. The van der Waals surface area contributed by atoms with Crippen LogP contribution in [0.3, 0.4) is 0 Å². The third-order valence-corrected chi connectivity index (χ3v) is 1.11. The van der Waals surface area contributed by atoms with Gasteiger partial charge in [0.1, 0.15) is 0 Å². The van der Waals surface area contributed by atoms with Gasteiger partial charge in [0.05, 0.1) is 0 Å². The number of allylic oxidation sites excluding steroid dienone is 3. The largest absolute Gasteiger partial charge is 3.00 e. The fourth-order valence-electron chi connectivity index (χ4n) is 0.125. The zero-order valence-corrected chi connectivity index (χ0v) is 12.5. The van der Waals surface area contributed by atoms with E-state index in [1.54, 1.807) is 0 Å². The van der Waals surface area contributed by atoms with Gasteiger partial charge < -0.3 is 6.42 Å². The van der Waals surface area contributed by atoms with Gasteiger partial charge in [-0.15, -0.1) is 0 Å². The number of hydrogen-bond donors (Lipinski definition) is 1. The molecule has 0 radical (unpaired) electrons. The van der Waals surface area contributed by atoms with Crippen molar-refractivity contribution >= 4 is 4.40 Å². The first-order valence-electron chi connectivity index (χ1n) is 2.79. The predicted molar refractivity (Wildman–Crippen MR) is 40.2 cm³/mol. The van der Waals surface area contributed by atoms with E-state index in [-0.39, 0.29) is 38.5 Å². The molecule has 0 amide bonds. The van der Waals surface area contributed by atoms with Crippen LogP contribution in [-0.4, -0.2) is 9.51 Å². The summed E-state index contributed by atoms with van der Waals surface area (Å²) >= 11 is 1.09. The maximum absolute atomic E-state index is 8.52. The summed E-state index contributed by atoms with van der Waals surface area (Å²) in [4.78, 5) is 0. The van der Waals surface area contributed by atoms with Gasteiger partial charge in [0.2, 0.25) is 0 Å². The minimum absolute atomic E-state index is 0. The van der Waals surface area contributed by atoms with E-state index in [4.69, 9.17) is 11.7 Å². The van der Waals surface area contributed by atoms with E-state index in [1.807, 2.05) is 20.3 Å². The zero-order chi connectivity index (χ0) is 8.41. The Morgan fingerprint density at radius 1 is 1.64 bits per heavy atom. The molecule has 1 N–H and O–H groups in total. The minimum atomic E-state index is 0. The van der Waals surface area contributed by atoms with Crippen LogP contribution in [-0.2, 0) is 52.1 Å². The van der Waals surface area contributed by atoms with Gasteiger partial charge in [-0.2, -0.15) is 13.8 Å². The topological polar surface area (TPSA) is 20.2 Å². The number of rotatable bonds is 2. The molecule has 0 aromatic rings. The molecule has 0 atom stereocenters. The minimum Gasteiger partial charge on any atom is 3.00 e. The summed E-state index contributed by atoms with van der Waals surface area (Å²) in [7, 11) is 0. The van der Waals surface area contributed by atoms with Crippen molar-refractivity contribution in [2.75, 3.05) is 0 Å². The Labute approximate surface area is 105 Å². The molecule has 0 heterocycles. The molecule has 1 nitrogen and oxygen atoms in total. The molecule has 0 saturated heterocycles. The molecule has 0 fully saturated rings. The summed E-state index contributed by atoms with van der Waals surface area (Å²) in [5.74, 6) is 0.109. The molecule has 0 spiro atoms. The molecular weight excluding hydrogens is 385 g/mol. The molecule has 0 rings (SSSR count). The summed E-state index contributed by atoms with van der Waals surface area (Å²) in [6, 6.07) is 0. The molecule has 11 heavy (non-hydrogen) atoms. The van der Waals surface area contributed by atoms with Crippen molar-refractivity contribution in [2.24, 2.45) is 0 Å². The van der Waals surface area contributed by atoms with E-state index in [9.17, 15) is 0 Å². The van der Waals surface area contributed by atoms with Crippen LogP contribution in [0.15, 0.2) is 17.9 Å². The Bertz CT molecular complexity index is 121. The van der Waals surface area contributed by atoms with Crippen molar-refractivity contribution in [2.45, 2.75) is 13.8 Å². The van der Waals surface area contributed by atoms with Gasteiger partial charge in [0.15, 0.2) is 0 Å². The number of hydrogen-bond acceptors (Lipinski definition) is 1. The second-order valence-corrected chi connectivity index (χ2v) is 2.16. The van der Waals surface area contributed by atoms with Crippen LogP contribution in [0.1, 0.15) is 13.8 Å². The van der Waals surface area contributed by atoms with Crippen molar-refractivity contribution in [3.63, 3.8) is 0 Å². The van der Waals surface area contributed by atoms with E-state index < -0.39 is 0 Å². The van der Waals surface area contributed by atoms with Crippen LogP contribution in [0.5, 0.6) is 0 Å². The smallest absolute Gasteiger partial charge is 3.00 e. The van der Waals surface area contributed by atoms with E-state index >= 15 is 0 Å². The SMILES string of the molecule is C[CH-]C.[CH-]=CC=C(O)[C-]=[W].[Y+3]. The Morgan fingerprint density at radius 2 is 2.00 bits per heavy atom. The van der Waals surface area contributed by atoms with Crippen molar-refractivity contribution in [3.05, 3.63) is 30.9 Å². The summed E-state index contributed by atoms with van der Waals surface area (Å²) in [6.45, 7) is 8.91. The molecule has 0 aliphatic rings. The fraction of sp³-hybridized carbons (Fsp3) is 0.250. The number of aliphatic hydroxyl groups excluding tert-OH is 1. The van der Waals surface area contributed by atoms with Crippen LogP contribution >= 0.6 is 0 Å². The Kier molecular flexibility index (Phi) is 27.9. The molecular formula is C8H11OWY. The van der Waals surface area contributed by atoms with Crippen LogP contribution in [0.2, 0.25) is 0 Å². The van der Waals surface area contributed by atoms with Gasteiger partial charge in [-0.1, -0.05) is 0 Å². The predicted octanol–water partition coefficient (Wildman–Crippen LogP) is 1.87. The normalized spacial score (nSPS) is 8.36. The van der Waals surface area contributed by atoms with Crippen molar-refractivity contribution in [3.8, 4) is 0 Å². The van der Waals surface area contributed by atoms with Gasteiger partial charge in [-0.05, 0) is 0 Å². The Hall–Kier alpha value is 0.942. The molecule has 0 aromatic heterocycles. The van der Waals surface area contributed by atoms with Gasteiger partial charge in [-0.25, -0.2) is 0 Å². The average molecular weight is 396 g/mol. The van der Waals surface area contributed by atoms with Crippen LogP contribution in [0, 0.1) is 13.0 Å². The molecule has 0 aromatic carbocycles. The Balaban J connectivity index is -0.000000140. The third kappa shape index (κ3) is 24.8. The quantitative estimate of drug-likeness (QED) is 0.430. The third-order valence-electron chi connectivity index (χ3n) is 0.359. The maximum Gasteiger partial charge on any atom is 3.00 e. The summed E-state index contributed by atoms with van der Waals surface area (Å²) in [6.07, 6.45) is 4.65. The average Bonchev–Trinajstić information content (AvgIpc) is 1.90. The molecule has 0 bridgehead atoms. The number of aliphatic hydroxyl groups is 1. The molecule has 58 valence electrons. The van der Waals surface area contributed by atoms with Gasteiger partial charge >= 0.3 is 86.1 Å². The first-order chi connectivity index (χ1) is 4.72. The van der Waals surface area contributed by atoms with E-state index in [2.05, 4.69) is 4.40 Å². The summed E-state index contributed by atoms with van der Waals surface area (Å²) < 4.78 is 2.55. The zero-order valence-electron chi connectivity index (χ0n) is 6.74. The van der Waals surface area contributed by atoms with Crippen molar-refractivity contribution in [1.82, 2.24) is 0 Å². The van der Waals surface area contributed by atoms with Gasteiger partial charge in [-0.3, -0.25) is 0 Å². The second-order valence-electron chi connectivity index (χ2n) is 1.42. The van der Waals surface area contributed by atoms with Crippen molar-refractivity contribution in [1.29, 1.82) is 0 Å². The van der Waals surface area contributed by atoms with Crippen LogP contribution < -0.4 is 0 Å².